The highest BCUT2D eigenvalue weighted by Crippen LogP contribution is 2.34. The Balaban J connectivity index is 1.73. The van der Waals surface area contributed by atoms with Crippen LogP contribution >= 0.6 is 46.4 Å². The molecule has 2 aromatic rings. The molecule has 7 nitrogen and oxygen atoms in total. The molecule has 3 rings (SSSR count). The summed E-state index contributed by atoms with van der Waals surface area (Å²) in [6.07, 6.45) is 3.52. The molecule has 1 aromatic heterocycles. The van der Waals surface area contributed by atoms with E-state index in [2.05, 4.69) is 15.6 Å². The van der Waals surface area contributed by atoms with Crippen LogP contribution in [0.15, 0.2) is 48.8 Å². The molecule has 1 aromatic carbocycles. The number of pyridine rings is 1. The van der Waals surface area contributed by atoms with Gasteiger partial charge in [0.05, 0.1) is 11.9 Å². The first kappa shape index (κ1) is 19.8. The Kier molecular flexibility index (Phi) is 5.84. The first-order valence-electron chi connectivity index (χ1n) is 7.58. The van der Waals surface area contributed by atoms with Crippen LogP contribution in [0.3, 0.4) is 0 Å². The Hall–Kier alpha value is -1.95. The molecule has 0 bridgehead atoms. The van der Waals surface area contributed by atoms with Crippen LogP contribution in [0.5, 0.6) is 0 Å². The van der Waals surface area contributed by atoms with E-state index in [4.69, 9.17) is 46.4 Å². The van der Waals surface area contributed by atoms with Crippen molar-refractivity contribution in [2.75, 3.05) is 5.01 Å². The molecule has 1 aliphatic rings. The minimum atomic E-state index is -1.87. The number of rotatable bonds is 5. The number of amides is 1. The van der Waals surface area contributed by atoms with Gasteiger partial charge in [-0.15, -0.1) is 0 Å². The van der Waals surface area contributed by atoms with Crippen molar-refractivity contribution in [1.82, 2.24) is 20.6 Å². The van der Waals surface area contributed by atoms with Crippen molar-refractivity contribution in [3.8, 4) is 6.19 Å². The molecule has 1 aliphatic heterocycles. The highest BCUT2D eigenvalue weighted by atomic mass is 35.6. The molecular weight excluding hydrogens is 434 g/mol. The maximum atomic E-state index is 12.4. The summed E-state index contributed by atoms with van der Waals surface area (Å²) in [7, 11) is 0. The summed E-state index contributed by atoms with van der Waals surface area (Å²) in [5.74, 6) is -0.465. The van der Waals surface area contributed by atoms with Gasteiger partial charge in [-0.25, -0.2) is 5.01 Å². The number of alkyl halides is 3. The van der Waals surface area contributed by atoms with E-state index in [-0.39, 0.29) is 0 Å². The number of benzene rings is 1. The maximum absolute atomic E-state index is 12.4. The van der Waals surface area contributed by atoms with Gasteiger partial charge in [-0.05, 0) is 36.4 Å². The zero-order valence-corrected chi connectivity index (χ0v) is 16.5. The summed E-state index contributed by atoms with van der Waals surface area (Å²) < 4.78 is -1.87. The third-order valence-electron chi connectivity index (χ3n) is 3.68. The molecule has 1 fully saturated rings. The molecule has 27 heavy (non-hydrogen) atoms. The zero-order chi connectivity index (χ0) is 19.6. The second-order valence-electron chi connectivity index (χ2n) is 5.50. The lowest BCUT2D eigenvalue weighted by molar-refractivity contribution is 0.0928. The predicted octanol–water partition coefficient (Wildman–Crippen LogP) is 3.25. The van der Waals surface area contributed by atoms with Crippen molar-refractivity contribution in [3.05, 3.63) is 59.4 Å². The van der Waals surface area contributed by atoms with Gasteiger partial charge < -0.3 is 5.32 Å². The molecule has 2 atom stereocenters. The molecule has 2 heterocycles. The van der Waals surface area contributed by atoms with Gasteiger partial charge in [0.15, 0.2) is 0 Å². The highest BCUT2D eigenvalue weighted by molar-refractivity contribution is 6.68. The highest BCUT2D eigenvalue weighted by Gasteiger charge is 2.50. The summed E-state index contributed by atoms with van der Waals surface area (Å²) in [4.78, 5) is 16.5. The number of hydrogen-bond donors (Lipinski definition) is 2. The van der Waals surface area contributed by atoms with Crippen LogP contribution < -0.4 is 15.6 Å². The van der Waals surface area contributed by atoms with Crippen LogP contribution in [0.2, 0.25) is 5.02 Å². The predicted molar refractivity (Wildman–Crippen MR) is 104 cm³/mol. The number of hydrazine groups is 1. The number of carbonyl (C=O) groups is 1. The summed E-state index contributed by atoms with van der Waals surface area (Å²) in [5.41, 5.74) is 1.01. The van der Waals surface area contributed by atoms with Crippen molar-refractivity contribution in [2.45, 2.75) is 16.2 Å². The van der Waals surface area contributed by atoms with Crippen molar-refractivity contribution >= 4 is 58.0 Å². The number of halogens is 4. The molecular formula is C16H12Cl4N6O. The number of nitrogens with zero attached hydrogens (tertiary/aromatic N) is 4. The normalized spacial score (nSPS) is 17.2. The SMILES string of the molecule is N#CN1C(NC(NC(=O)c2ccc(Cl)cc2)C(Cl)(Cl)Cl)N1c1cccnc1. The maximum Gasteiger partial charge on any atom is 0.252 e. The molecule has 1 saturated heterocycles. The van der Waals surface area contributed by atoms with E-state index in [0.717, 1.165) is 0 Å². The summed E-state index contributed by atoms with van der Waals surface area (Å²) in [5, 5.41) is 18.3. The van der Waals surface area contributed by atoms with Crippen LogP contribution in [-0.4, -0.2) is 32.1 Å². The van der Waals surface area contributed by atoms with Gasteiger partial charge >= 0.3 is 0 Å². The average molecular weight is 446 g/mol. The number of hydrogen-bond acceptors (Lipinski definition) is 6. The fourth-order valence-corrected chi connectivity index (χ4v) is 2.83. The number of carbonyl (C=O) groups excluding carboxylic acids is 1. The van der Waals surface area contributed by atoms with E-state index in [1.54, 1.807) is 53.8 Å². The molecule has 2 unspecified atom stereocenters. The largest absolute Gasteiger partial charge is 0.332 e. The Labute approximate surface area is 175 Å². The summed E-state index contributed by atoms with van der Waals surface area (Å²) in [6, 6.07) is 9.76. The van der Waals surface area contributed by atoms with E-state index in [1.165, 1.54) is 5.01 Å². The van der Waals surface area contributed by atoms with E-state index in [1.807, 2.05) is 6.19 Å². The Morgan fingerprint density at radius 1 is 1.26 bits per heavy atom. The lowest BCUT2D eigenvalue weighted by Crippen LogP contribution is -2.55. The number of nitrogens with one attached hydrogen (secondary N) is 2. The van der Waals surface area contributed by atoms with Crippen LogP contribution in [0.25, 0.3) is 0 Å². The Morgan fingerprint density at radius 3 is 2.52 bits per heavy atom. The standard InChI is InChI=1S/C16H12Cl4N6O/c17-11-5-3-10(4-6-11)13(27)23-14(16(18,19)20)24-15-25(9-21)26(15)12-2-1-7-22-8-12/h1-8,14-15,24H,(H,23,27). The molecule has 0 saturated carbocycles. The molecule has 0 spiro atoms. The average Bonchev–Trinajstić information content (AvgIpc) is 3.34. The Bertz CT molecular complexity index is 852. The van der Waals surface area contributed by atoms with Crippen LogP contribution in [0.4, 0.5) is 5.69 Å². The minimum absolute atomic E-state index is 0.345. The topological polar surface area (TPSA) is 83.8 Å². The molecule has 2 N–H and O–H groups in total. The van der Waals surface area contributed by atoms with Crippen molar-refractivity contribution in [2.24, 2.45) is 0 Å². The minimum Gasteiger partial charge on any atom is -0.332 e. The van der Waals surface area contributed by atoms with Gasteiger partial charge in [0.25, 0.3) is 5.91 Å². The van der Waals surface area contributed by atoms with Gasteiger partial charge in [-0.1, -0.05) is 46.4 Å². The lowest BCUT2D eigenvalue weighted by Gasteiger charge is -2.26. The second kappa shape index (κ2) is 7.97. The molecule has 0 radical (unpaired) electrons. The van der Waals surface area contributed by atoms with E-state index in [9.17, 15) is 10.1 Å². The quantitative estimate of drug-likeness (QED) is 0.318. The monoisotopic (exact) mass is 444 g/mol. The number of nitriles is 1. The Morgan fingerprint density at radius 2 is 1.96 bits per heavy atom. The second-order valence-corrected chi connectivity index (χ2v) is 8.30. The fraction of sp³-hybridized carbons (Fsp3) is 0.188. The first-order chi connectivity index (χ1) is 12.8. The van der Waals surface area contributed by atoms with E-state index in [0.29, 0.717) is 16.3 Å². The van der Waals surface area contributed by atoms with Crippen molar-refractivity contribution < 1.29 is 4.79 Å². The van der Waals surface area contributed by atoms with Crippen molar-refractivity contribution in [3.63, 3.8) is 0 Å². The smallest absolute Gasteiger partial charge is 0.252 e. The number of anilines is 1. The third kappa shape index (κ3) is 4.67. The van der Waals surface area contributed by atoms with E-state index >= 15 is 0 Å². The third-order valence-corrected chi connectivity index (χ3v) is 4.59. The fourth-order valence-electron chi connectivity index (χ4n) is 2.35. The summed E-state index contributed by atoms with van der Waals surface area (Å²) in [6.45, 7) is 0. The van der Waals surface area contributed by atoms with E-state index < -0.39 is 22.2 Å². The van der Waals surface area contributed by atoms with Gasteiger partial charge in [0.1, 0.15) is 6.17 Å². The molecule has 0 aliphatic carbocycles. The number of aromatic nitrogens is 1. The lowest BCUT2D eigenvalue weighted by atomic mass is 10.2. The zero-order valence-electron chi connectivity index (χ0n) is 13.5. The first-order valence-corrected chi connectivity index (χ1v) is 9.10. The van der Waals surface area contributed by atoms with Crippen molar-refractivity contribution in [1.29, 1.82) is 5.26 Å². The van der Waals surface area contributed by atoms with Gasteiger partial charge in [0.2, 0.25) is 16.3 Å². The van der Waals surface area contributed by atoms with Crippen LogP contribution in [-0.2, 0) is 0 Å². The molecule has 140 valence electrons. The van der Waals surface area contributed by atoms with Crippen LogP contribution in [0, 0.1) is 11.5 Å². The summed E-state index contributed by atoms with van der Waals surface area (Å²) >= 11 is 23.9. The van der Waals surface area contributed by atoms with Gasteiger partial charge in [-0.2, -0.15) is 10.3 Å². The van der Waals surface area contributed by atoms with Gasteiger partial charge in [0, 0.05) is 16.8 Å². The molecule has 1 amide bonds. The van der Waals surface area contributed by atoms with Gasteiger partial charge in [-0.3, -0.25) is 15.1 Å². The van der Waals surface area contributed by atoms with Crippen LogP contribution in [0.1, 0.15) is 10.4 Å². The molecule has 11 heteroatoms.